The molecule has 1 aromatic carbocycles. The number of nitro groups is 1. The lowest BCUT2D eigenvalue weighted by Gasteiger charge is -2.32. The minimum Gasteiger partial charge on any atom is -0.484 e. The van der Waals surface area contributed by atoms with Gasteiger partial charge in [-0.25, -0.2) is 0 Å². The van der Waals surface area contributed by atoms with Gasteiger partial charge in [-0.1, -0.05) is 6.07 Å². The van der Waals surface area contributed by atoms with Crippen LogP contribution < -0.4 is 4.74 Å². The molecule has 1 unspecified atom stereocenters. The van der Waals surface area contributed by atoms with E-state index in [4.69, 9.17) is 9.84 Å². The molecule has 1 aromatic rings. The zero-order valence-corrected chi connectivity index (χ0v) is 14.9. The number of nitro benzene ring substituents is 1. The van der Waals surface area contributed by atoms with Crippen molar-refractivity contribution in [2.45, 2.75) is 12.8 Å². The van der Waals surface area contributed by atoms with Crippen molar-refractivity contribution in [2.24, 2.45) is 5.92 Å². The lowest BCUT2D eigenvalue weighted by molar-refractivity contribution is -0.384. The van der Waals surface area contributed by atoms with Gasteiger partial charge in [0.15, 0.2) is 6.61 Å². The van der Waals surface area contributed by atoms with Crippen molar-refractivity contribution in [3.8, 4) is 5.75 Å². The number of carbonyl (C=O) groups is 3. The van der Waals surface area contributed by atoms with Crippen molar-refractivity contribution < 1.29 is 29.2 Å². The number of ether oxygens (including phenoxy) is 1. The second-order valence-corrected chi connectivity index (χ2v) is 6.31. The fourth-order valence-electron chi connectivity index (χ4n) is 2.74. The zero-order chi connectivity index (χ0) is 20.0. The van der Waals surface area contributed by atoms with Gasteiger partial charge in [-0.15, -0.1) is 0 Å². The van der Waals surface area contributed by atoms with E-state index in [1.165, 1.54) is 41.1 Å². The predicted molar refractivity (Wildman–Crippen MR) is 93.2 cm³/mol. The monoisotopic (exact) mass is 379 g/mol. The van der Waals surface area contributed by atoms with E-state index < -0.39 is 22.7 Å². The third-order valence-electron chi connectivity index (χ3n) is 4.31. The van der Waals surface area contributed by atoms with E-state index in [1.807, 2.05) is 0 Å². The fraction of sp³-hybridized carbons (Fsp3) is 0.471. The predicted octanol–water partition coefficient (Wildman–Crippen LogP) is 0.755. The molecule has 1 atom stereocenters. The van der Waals surface area contributed by atoms with E-state index in [9.17, 15) is 24.5 Å². The lowest BCUT2D eigenvalue weighted by Crippen LogP contribution is -2.47. The van der Waals surface area contributed by atoms with Gasteiger partial charge in [0.25, 0.3) is 11.6 Å². The van der Waals surface area contributed by atoms with Gasteiger partial charge < -0.3 is 19.6 Å². The Morgan fingerprint density at radius 1 is 1.41 bits per heavy atom. The molecule has 0 saturated carbocycles. The number of likely N-dealkylation sites (tertiary alicyclic amines) is 1. The summed E-state index contributed by atoms with van der Waals surface area (Å²) in [5.41, 5.74) is -0.151. The Labute approximate surface area is 155 Å². The van der Waals surface area contributed by atoms with Crippen molar-refractivity contribution in [2.75, 3.05) is 33.3 Å². The van der Waals surface area contributed by atoms with Crippen LogP contribution in [0.2, 0.25) is 0 Å². The summed E-state index contributed by atoms with van der Waals surface area (Å²) in [7, 11) is 1.44. The van der Waals surface area contributed by atoms with Crippen molar-refractivity contribution in [1.82, 2.24) is 9.80 Å². The molecule has 2 rings (SSSR count). The second kappa shape index (κ2) is 8.97. The molecular weight excluding hydrogens is 358 g/mol. The maximum absolute atomic E-state index is 12.3. The fourth-order valence-corrected chi connectivity index (χ4v) is 2.74. The highest BCUT2D eigenvalue weighted by molar-refractivity contribution is 5.85. The molecule has 0 aliphatic carbocycles. The first kappa shape index (κ1) is 20.1. The molecule has 1 heterocycles. The first-order valence-electron chi connectivity index (χ1n) is 8.39. The number of aliphatic carboxylic acids is 1. The van der Waals surface area contributed by atoms with Gasteiger partial charge in [0.2, 0.25) is 5.91 Å². The van der Waals surface area contributed by atoms with E-state index in [-0.39, 0.29) is 37.0 Å². The Kier molecular flexibility index (Phi) is 6.69. The second-order valence-electron chi connectivity index (χ2n) is 6.31. The number of amides is 2. The van der Waals surface area contributed by atoms with Crippen LogP contribution >= 0.6 is 0 Å². The SMILES string of the molecule is CN(CC(=O)N1CCCC(C(=O)O)C1)C(=O)COc1cccc([N+](=O)[O-])c1. The van der Waals surface area contributed by atoms with Gasteiger partial charge in [0.05, 0.1) is 23.5 Å². The maximum atomic E-state index is 12.3. The number of nitrogens with zero attached hydrogens (tertiary/aromatic N) is 3. The summed E-state index contributed by atoms with van der Waals surface area (Å²) in [4.78, 5) is 48.3. The average molecular weight is 379 g/mol. The van der Waals surface area contributed by atoms with Crippen molar-refractivity contribution >= 4 is 23.5 Å². The minimum atomic E-state index is -0.928. The Morgan fingerprint density at radius 3 is 2.81 bits per heavy atom. The summed E-state index contributed by atoms with van der Waals surface area (Å²) in [6, 6.07) is 5.45. The third-order valence-corrected chi connectivity index (χ3v) is 4.31. The number of carboxylic acids is 1. The standard InChI is InChI=1S/C17H21N3O7/c1-18(10-15(21)19-7-3-4-12(9-19)17(23)24)16(22)11-27-14-6-2-5-13(8-14)20(25)26/h2,5-6,8,12H,3-4,7,9-11H2,1H3,(H,23,24). The lowest BCUT2D eigenvalue weighted by atomic mass is 9.98. The van der Waals surface area contributed by atoms with E-state index >= 15 is 0 Å². The number of benzene rings is 1. The molecule has 2 amide bonds. The van der Waals surface area contributed by atoms with E-state index in [2.05, 4.69) is 0 Å². The molecule has 1 aliphatic heterocycles. The summed E-state index contributed by atoms with van der Waals surface area (Å²) in [5.74, 6) is -2.13. The van der Waals surface area contributed by atoms with Gasteiger partial charge in [0, 0.05) is 26.2 Å². The Morgan fingerprint density at radius 2 is 2.15 bits per heavy atom. The molecule has 146 valence electrons. The Bertz CT molecular complexity index is 737. The molecule has 0 aromatic heterocycles. The van der Waals surface area contributed by atoms with Crippen LogP contribution in [0.15, 0.2) is 24.3 Å². The van der Waals surface area contributed by atoms with Crippen LogP contribution in [0, 0.1) is 16.0 Å². The number of rotatable bonds is 7. The summed E-state index contributed by atoms with van der Waals surface area (Å²) in [6.45, 7) is 0.0430. The highest BCUT2D eigenvalue weighted by Gasteiger charge is 2.29. The Balaban J connectivity index is 1.84. The van der Waals surface area contributed by atoms with Crippen molar-refractivity contribution in [1.29, 1.82) is 0 Å². The minimum absolute atomic E-state index is 0.139. The molecule has 1 saturated heterocycles. The largest absolute Gasteiger partial charge is 0.484 e. The normalized spacial score (nSPS) is 16.5. The van der Waals surface area contributed by atoms with Gasteiger partial charge in [-0.05, 0) is 18.9 Å². The van der Waals surface area contributed by atoms with Crippen LogP contribution in [0.5, 0.6) is 5.75 Å². The van der Waals surface area contributed by atoms with Crippen molar-refractivity contribution in [3.63, 3.8) is 0 Å². The molecule has 27 heavy (non-hydrogen) atoms. The first-order chi connectivity index (χ1) is 12.8. The van der Waals surface area contributed by atoms with Gasteiger partial charge in [0.1, 0.15) is 5.75 Å². The molecule has 0 radical (unpaired) electrons. The molecule has 1 N–H and O–H groups in total. The molecule has 10 heteroatoms. The van der Waals surface area contributed by atoms with Crippen LogP contribution in [0.25, 0.3) is 0 Å². The van der Waals surface area contributed by atoms with Crippen LogP contribution in [0.4, 0.5) is 5.69 Å². The van der Waals surface area contributed by atoms with E-state index in [1.54, 1.807) is 0 Å². The van der Waals surface area contributed by atoms with E-state index in [0.717, 1.165) is 0 Å². The van der Waals surface area contributed by atoms with Gasteiger partial charge in [-0.3, -0.25) is 24.5 Å². The van der Waals surface area contributed by atoms with E-state index in [0.29, 0.717) is 19.4 Å². The number of carboxylic acid groups (broad SMARTS) is 1. The number of piperidine rings is 1. The number of non-ortho nitro benzene ring substituents is 1. The number of hydrogen-bond donors (Lipinski definition) is 1. The first-order valence-corrected chi connectivity index (χ1v) is 8.39. The quantitative estimate of drug-likeness (QED) is 0.546. The summed E-state index contributed by atoms with van der Waals surface area (Å²) in [5, 5.41) is 19.8. The molecule has 0 bridgehead atoms. The highest BCUT2D eigenvalue weighted by Crippen LogP contribution is 2.19. The zero-order valence-electron chi connectivity index (χ0n) is 14.9. The third kappa shape index (κ3) is 5.66. The highest BCUT2D eigenvalue weighted by atomic mass is 16.6. The number of hydrogen-bond acceptors (Lipinski definition) is 6. The van der Waals surface area contributed by atoms with Gasteiger partial charge in [-0.2, -0.15) is 0 Å². The summed E-state index contributed by atoms with van der Waals surface area (Å²) < 4.78 is 5.26. The van der Waals surface area contributed by atoms with Crippen LogP contribution in [0.3, 0.4) is 0 Å². The molecular formula is C17H21N3O7. The molecule has 1 fully saturated rings. The maximum Gasteiger partial charge on any atom is 0.308 e. The molecule has 1 aliphatic rings. The smallest absolute Gasteiger partial charge is 0.308 e. The number of carbonyl (C=O) groups excluding carboxylic acids is 2. The molecule has 10 nitrogen and oxygen atoms in total. The summed E-state index contributed by atoms with van der Waals surface area (Å²) in [6.07, 6.45) is 1.14. The van der Waals surface area contributed by atoms with Crippen molar-refractivity contribution in [3.05, 3.63) is 34.4 Å². The van der Waals surface area contributed by atoms with Crippen LogP contribution in [-0.4, -0.2) is 70.9 Å². The molecule has 0 spiro atoms. The average Bonchev–Trinajstić information content (AvgIpc) is 2.66. The van der Waals surface area contributed by atoms with Crippen LogP contribution in [-0.2, 0) is 14.4 Å². The topological polar surface area (TPSA) is 130 Å². The number of likely N-dealkylation sites (N-methyl/N-ethyl adjacent to an activating group) is 1. The Hall–Kier alpha value is -3.17. The van der Waals surface area contributed by atoms with Gasteiger partial charge >= 0.3 is 5.97 Å². The van der Waals surface area contributed by atoms with Crippen LogP contribution in [0.1, 0.15) is 12.8 Å². The summed E-state index contributed by atoms with van der Waals surface area (Å²) >= 11 is 0.